The molecule has 17 heavy (non-hydrogen) atoms. The number of carbonyl (C=O) groups excluding carboxylic acids is 1. The van der Waals surface area contributed by atoms with Crippen molar-refractivity contribution in [2.75, 3.05) is 33.2 Å². The minimum Gasteiger partial charge on any atom is -0.335 e. The smallest absolute Gasteiger partial charge is 0.274 e. The van der Waals surface area contributed by atoms with E-state index in [2.05, 4.69) is 24.0 Å². The zero-order valence-electron chi connectivity index (χ0n) is 10.8. The monoisotopic (exact) mass is 236 g/mol. The van der Waals surface area contributed by atoms with Gasteiger partial charge in [0.1, 0.15) is 0 Å². The van der Waals surface area contributed by atoms with Crippen LogP contribution in [0, 0.1) is 0 Å². The van der Waals surface area contributed by atoms with Crippen molar-refractivity contribution >= 4 is 5.91 Å². The van der Waals surface area contributed by atoms with Gasteiger partial charge < -0.3 is 9.80 Å². The molecule has 0 unspecified atom stereocenters. The SMILES string of the molecule is CCc1cc(C(=O)N2CCN(C)CC2)nn1C. The second-order valence-corrected chi connectivity index (χ2v) is 4.59. The number of likely N-dealkylation sites (N-methyl/N-ethyl adjacent to an activating group) is 1. The van der Waals surface area contributed by atoms with E-state index in [0.717, 1.165) is 38.3 Å². The summed E-state index contributed by atoms with van der Waals surface area (Å²) in [5.41, 5.74) is 1.68. The molecule has 0 saturated carbocycles. The number of aryl methyl sites for hydroxylation is 2. The molecular formula is C12H20N4O. The van der Waals surface area contributed by atoms with E-state index >= 15 is 0 Å². The van der Waals surface area contributed by atoms with Gasteiger partial charge in [0.05, 0.1) is 0 Å². The first-order chi connectivity index (χ1) is 8.11. The fourth-order valence-electron chi connectivity index (χ4n) is 2.11. The Labute approximate surface area is 102 Å². The summed E-state index contributed by atoms with van der Waals surface area (Å²) in [6.45, 7) is 5.56. The fraction of sp³-hybridized carbons (Fsp3) is 0.667. The highest BCUT2D eigenvalue weighted by molar-refractivity contribution is 5.92. The summed E-state index contributed by atoms with van der Waals surface area (Å²) in [5.74, 6) is 0.0633. The Morgan fingerprint density at radius 3 is 2.47 bits per heavy atom. The quantitative estimate of drug-likeness (QED) is 0.745. The summed E-state index contributed by atoms with van der Waals surface area (Å²) in [6, 6.07) is 1.90. The molecule has 0 atom stereocenters. The van der Waals surface area contributed by atoms with E-state index in [-0.39, 0.29) is 5.91 Å². The van der Waals surface area contributed by atoms with Gasteiger partial charge in [-0.25, -0.2) is 0 Å². The number of amides is 1. The molecular weight excluding hydrogens is 216 g/mol. The van der Waals surface area contributed by atoms with E-state index in [4.69, 9.17) is 0 Å². The molecule has 2 heterocycles. The van der Waals surface area contributed by atoms with Gasteiger partial charge in [0.25, 0.3) is 5.91 Å². The fourth-order valence-corrected chi connectivity index (χ4v) is 2.11. The first kappa shape index (κ1) is 12.1. The summed E-state index contributed by atoms with van der Waals surface area (Å²) in [5, 5.41) is 4.29. The Morgan fingerprint density at radius 1 is 1.29 bits per heavy atom. The Bertz CT molecular complexity index is 405. The van der Waals surface area contributed by atoms with Crippen LogP contribution in [-0.2, 0) is 13.5 Å². The average Bonchev–Trinajstić information content (AvgIpc) is 2.70. The Balaban J connectivity index is 2.08. The number of aromatic nitrogens is 2. The molecule has 0 radical (unpaired) electrons. The van der Waals surface area contributed by atoms with Gasteiger partial charge in [-0.3, -0.25) is 9.48 Å². The topological polar surface area (TPSA) is 41.4 Å². The van der Waals surface area contributed by atoms with Gasteiger partial charge in [0, 0.05) is 38.9 Å². The zero-order valence-corrected chi connectivity index (χ0v) is 10.8. The van der Waals surface area contributed by atoms with Crippen molar-refractivity contribution in [2.45, 2.75) is 13.3 Å². The van der Waals surface area contributed by atoms with Crippen LogP contribution in [0.15, 0.2) is 6.07 Å². The Morgan fingerprint density at radius 2 is 1.94 bits per heavy atom. The standard InChI is InChI=1S/C12H20N4O/c1-4-10-9-11(13-15(10)3)12(17)16-7-5-14(2)6-8-16/h9H,4-8H2,1-3H3. The minimum atomic E-state index is 0.0633. The molecule has 0 bridgehead atoms. The molecule has 5 nitrogen and oxygen atoms in total. The lowest BCUT2D eigenvalue weighted by atomic mass is 10.2. The van der Waals surface area contributed by atoms with Crippen LogP contribution >= 0.6 is 0 Å². The molecule has 1 aromatic rings. The first-order valence-electron chi connectivity index (χ1n) is 6.12. The van der Waals surface area contributed by atoms with Crippen molar-refractivity contribution in [3.8, 4) is 0 Å². The third kappa shape index (κ3) is 2.49. The van der Waals surface area contributed by atoms with E-state index in [0.29, 0.717) is 5.69 Å². The van der Waals surface area contributed by atoms with Crippen LogP contribution in [0.3, 0.4) is 0 Å². The highest BCUT2D eigenvalue weighted by Gasteiger charge is 2.22. The van der Waals surface area contributed by atoms with Crippen LogP contribution in [0.4, 0.5) is 0 Å². The predicted octanol–water partition coefficient (Wildman–Crippen LogP) is 0.370. The molecule has 1 saturated heterocycles. The maximum absolute atomic E-state index is 12.2. The molecule has 0 aliphatic carbocycles. The number of hydrogen-bond donors (Lipinski definition) is 0. The lowest BCUT2D eigenvalue weighted by Crippen LogP contribution is -2.47. The van der Waals surface area contributed by atoms with Crippen molar-refractivity contribution in [3.05, 3.63) is 17.5 Å². The second kappa shape index (κ2) is 4.87. The second-order valence-electron chi connectivity index (χ2n) is 4.59. The maximum atomic E-state index is 12.2. The third-order valence-electron chi connectivity index (χ3n) is 3.35. The van der Waals surface area contributed by atoms with E-state index in [1.54, 1.807) is 4.68 Å². The van der Waals surface area contributed by atoms with E-state index in [1.165, 1.54) is 0 Å². The van der Waals surface area contributed by atoms with Gasteiger partial charge in [-0.1, -0.05) is 6.92 Å². The molecule has 1 aromatic heterocycles. The van der Waals surface area contributed by atoms with Gasteiger partial charge >= 0.3 is 0 Å². The maximum Gasteiger partial charge on any atom is 0.274 e. The van der Waals surface area contributed by atoms with Crippen LogP contribution in [0.2, 0.25) is 0 Å². The highest BCUT2D eigenvalue weighted by atomic mass is 16.2. The lowest BCUT2D eigenvalue weighted by Gasteiger charge is -2.31. The molecule has 94 valence electrons. The van der Waals surface area contributed by atoms with Crippen LogP contribution < -0.4 is 0 Å². The molecule has 0 N–H and O–H groups in total. The van der Waals surface area contributed by atoms with Crippen LogP contribution in [0.25, 0.3) is 0 Å². The summed E-state index contributed by atoms with van der Waals surface area (Å²) in [6.07, 6.45) is 0.902. The van der Waals surface area contributed by atoms with Crippen molar-refractivity contribution in [1.82, 2.24) is 19.6 Å². The average molecular weight is 236 g/mol. The van der Waals surface area contributed by atoms with Gasteiger partial charge in [-0.2, -0.15) is 5.10 Å². The molecule has 2 rings (SSSR count). The number of carbonyl (C=O) groups is 1. The van der Waals surface area contributed by atoms with Gasteiger partial charge in [0.15, 0.2) is 5.69 Å². The molecule has 5 heteroatoms. The number of rotatable bonds is 2. The number of hydrogen-bond acceptors (Lipinski definition) is 3. The molecule has 1 aliphatic heterocycles. The predicted molar refractivity (Wildman–Crippen MR) is 66.0 cm³/mol. The van der Waals surface area contributed by atoms with Crippen molar-refractivity contribution in [1.29, 1.82) is 0 Å². The van der Waals surface area contributed by atoms with E-state index in [9.17, 15) is 4.79 Å². The summed E-state index contributed by atoms with van der Waals surface area (Å²) in [7, 11) is 3.97. The molecule has 0 aromatic carbocycles. The Kier molecular flexibility index (Phi) is 3.47. The third-order valence-corrected chi connectivity index (χ3v) is 3.35. The first-order valence-corrected chi connectivity index (χ1v) is 6.12. The van der Waals surface area contributed by atoms with Crippen LogP contribution in [0.1, 0.15) is 23.1 Å². The van der Waals surface area contributed by atoms with E-state index in [1.807, 2.05) is 18.0 Å². The van der Waals surface area contributed by atoms with Gasteiger partial charge in [0.2, 0.25) is 0 Å². The largest absolute Gasteiger partial charge is 0.335 e. The summed E-state index contributed by atoms with van der Waals surface area (Å²) in [4.78, 5) is 16.3. The van der Waals surface area contributed by atoms with E-state index < -0.39 is 0 Å². The van der Waals surface area contributed by atoms with Crippen LogP contribution in [0.5, 0.6) is 0 Å². The number of nitrogens with zero attached hydrogens (tertiary/aromatic N) is 4. The Hall–Kier alpha value is -1.36. The van der Waals surface area contributed by atoms with Crippen molar-refractivity contribution < 1.29 is 4.79 Å². The summed E-state index contributed by atoms with van der Waals surface area (Å²) < 4.78 is 1.79. The molecule has 1 amide bonds. The number of piperazine rings is 1. The molecule has 1 fully saturated rings. The van der Waals surface area contributed by atoms with Crippen LogP contribution in [-0.4, -0.2) is 58.7 Å². The molecule has 1 aliphatic rings. The summed E-state index contributed by atoms with van der Waals surface area (Å²) >= 11 is 0. The minimum absolute atomic E-state index is 0.0633. The zero-order chi connectivity index (χ0) is 12.4. The van der Waals surface area contributed by atoms with Crippen molar-refractivity contribution in [3.63, 3.8) is 0 Å². The van der Waals surface area contributed by atoms with Gasteiger partial charge in [-0.15, -0.1) is 0 Å². The van der Waals surface area contributed by atoms with Crippen molar-refractivity contribution in [2.24, 2.45) is 7.05 Å². The highest BCUT2D eigenvalue weighted by Crippen LogP contribution is 2.09. The van der Waals surface area contributed by atoms with Gasteiger partial charge in [-0.05, 0) is 19.5 Å². The lowest BCUT2D eigenvalue weighted by molar-refractivity contribution is 0.0657. The normalized spacial score (nSPS) is 17.5. The molecule has 0 spiro atoms.